The fraction of sp³-hybridized carbons (Fsp3) is 0.312. The first-order valence-corrected chi connectivity index (χ1v) is 9.95. The summed E-state index contributed by atoms with van der Waals surface area (Å²) in [4.78, 5) is 6.72. The van der Waals surface area contributed by atoms with Crippen LogP contribution < -0.4 is 4.90 Å². The molecule has 0 unspecified atom stereocenters. The molecule has 3 aromatic rings. The van der Waals surface area contributed by atoms with E-state index in [4.69, 9.17) is 20.8 Å². The van der Waals surface area contributed by atoms with Gasteiger partial charge in [0.1, 0.15) is 6.26 Å². The number of ether oxygens (including phenoxy) is 1. The van der Waals surface area contributed by atoms with E-state index in [2.05, 4.69) is 20.1 Å². The number of benzene rings is 1. The molecule has 0 atom stereocenters. The van der Waals surface area contributed by atoms with Crippen LogP contribution in [0.15, 0.2) is 39.3 Å². The summed E-state index contributed by atoms with van der Waals surface area (Å²) < 4.78 is 11.8. The summed E-state index contributed by atoms with van der Waals surface area (Å²) >= 11 is 9.22. The summed E-state index contributed by atoms with van der Waals surface area (Å²) in [5, 5.41) is 10.1. The first kappa shape index (κ1) is 16.8. The number of oxazole rings is 1. The van der Waals surface area contributed by atoms with E-state index >= 15 is 0 Å². The fourth-order valence-corrected chi connectivity index (χ4v) is 4.37. The number of thioether (sulfide) groups is 1. The Morgan fingerprint density at radius 1 is 1.24 bits per heavy atom. The monoisotopic (exact) mass is 394 g/mol. The second-order valence-corrected chi connectivity index (χ2v) is 8.01. The molecular weight excluding hydrogens is 380 g/mol. The predicted octanol–water partition coefficient (Wildman–Crippen LogP) is 3.98. The first-order valence-electron chi connectivity index (χ1n) is 7.77. The minimum absolute atomic E-state index is 0.573. The molecule has 0 aliphatic carbocycles. The second kappa shape index (κ2) is 7.74. The van der Waals surface area contributed by atoms with E-state index in [1.165, 1.54) is 0 Å². The molecule has 0 spiro atoms. The van der Waals surface area contributed by atoms with Crippen LogP contribution in [0, 0.1) is 0 Å². The predicted molar refractivity (Wildman–Crippen MR) is 99.5 cm³/mol. The lowest BCUT2D eigenvalue weighted by atomic mass is 10.2. The van der Waals surface area contributed by atoms with Gasteiger partial charge in [-0.1, -0.05) is 40.8 Å². The van der Waals surface area contributed by atoms with Gasteiger partial charge in [-0.2, -0.15) is 0 Å². The summed E-state index contributed by atoms with van der Waals surface area (Å²) in [5.74, 6) is 1.26. The maximum absolute atomic E-state index is 6.01. The molecule has 130 valence electrons. The molecule has 3 heterocycles. The first-order chi connectivity index (χ1) is 12.3. The van der Waals surface area contributed by atoms with Crippen molar-refractivity contribution in [3.8, 4) is 11.5 Å². The quantitative estimate of drug-likeness (QED) is 0.606. The maximum atomic E-state index is 6.01. The smallest absolute Gasteiger partial charge is 0.226 e. The lowest BCUT2D eigenvalue weighted by molar-refractivity contribution is 0.122. The average molecular weight is 395 g/mol. The Bertz CT molecular complexity index is 848. The van der Waals surface area contributed by atoms with Crippen LogP contribution in [0.5, 0.6) is 0 Å². The molecule has 0 amide bonds. The number of nitrogens with zero attached hydrogens (tertiary/aromatic N) is 4. The summed E-state index contributed by atoms with van der Waals surface area (Å²) in [6.45, 7) is 3.22. The van der Waals surface area contributed by atoms with E-state index < -0.39 is 0 Å². The zero-order chi connectivity index (χ0) is 17.1. The van der Waals surface area contributed by atoms with E-state index in [-0.39, 0.29) is 0 Å². The van der Waals surface area contributed by atoms with Gasteiger partial charge in [-0.3, -0.25) is 0 Å². The Hall–Kier alpha value is -1.61. The lowest BCUT2D eigenvalue weighted by Gasteiger charge is -2.25. The molecule has 2 aromatic heterocycles. The molecule has 1 aliphatic rings. The van der Waals surface area contributed by atoms with Gasteiger partial charge in [0, 0.05) is 29.4 Å². The van der Waals surface area contributed by atoms with E-state index in [1.54, 1.807) is 29.4 Å². The summed E-state index contributed by atoms with van der Waals surface area (Å²) in [5.41, 5.74) is 1.73. The van der Waals surface area contributed by atoms with Gasteiger partial charge in [0.15, 0.2) is 4.34 Å². The lowest BCUT2D eigenvalue weighted by Crippen LogP contribution is -2.36. The van der Waals surface area contributed by atoms with Crippen molar-refractivity contribution in [2.75, 3.05) is 31.2 Å². The topological polar surface area (TPSA) is 64.3 Å². The Morgan fingerprint density at radius 3 is 2.96 bits per heavy atom. The van der Waals surface area contributed by atoms with Crippen LogP contribution in [0.2, 0.25) is 5.02 Å². The van der Waals surface area contributed by atoms with Crippen molar-refractivity contribution in [1.29, 1.82) is 0 Å². The molecular formula is C16H15ClN4O2S2. The molecule has 1 fully saturated rings. The van der Waals surface area contributed by atoms with Crippen molar-refractivity contribution >= 4 is 39.8 Å². The molecule has 0 bridgehead atoms. The Labute approximate surface area is 158 Å². The molecule has 0 N–H and O–H groups in total. The zero-order valence-electron chi connectivity index (χ0n) is 13.2. The van der Waals surface area contributed by atoms with Gasteiger partial charge in [-0.15, -0.1) is 10.2 Å². The Balaban J connectivity index is 1.38. The third-order valence-corrected chi connectivity index (χ3v) is 6.03. The van der Waals surface area contributed by atoms with Gasteiger partial charge < -0.3 is 14.1 Å². The minimum Gasteiger partial charge on any atom is -0.444 e. The van der Waals surface area contributed by atoms with E-state index in [0.29, 0.717) is 16.7 Å². The molecule has 9 heteroatoms. The third-order valence-electron chi connectivity index (χ3n) is 3.64. The molecule has 0 radical (unpaired) electrons. The number of rotatable bonds is 5. The Morgan fingerprint density at radius 2 is 2.12 bits per heavy atom. The van der Waals surface area contributed by atoms with Crippen molar-refractivity contribution < 1.29 is 9.15 Å². The number of hydrogen-bond acceptors (Lipinski definition) is 8. The van der Waals surface area contributed by atoms with Crippen molar-refractivity contribution in [2.24, 2.45) is 0 Å². The fourth-order valence-electron chi connectivity index (χ4n) is 2.41. The van der Waals surface area contributed by atoms with Gasteiger partial charge in [-0.05, 0) is 18.2 Å². The van der Waals surface area contributed by atoms with Crippen LogP contribution in [-0.2, 0) is 10.5 Å². The SMILES string of the molecule is Clc1cccc(-c2nc(CSc3nnc(N4CCOCC4)s3)co2)c1. The van der Waals surface area contributed by atoms with Crippen LogP contribution >= 0.6 is 34.7 Å². The largest absolute Gasteiger partial charge is 0.444 e. The van der Waals surface area contributed by atoms with E-state index in [0.717, 1.165) is 47.0 Å². The van der Waals surface area contributed by atoms with Crippen molar-refractivity contribution in [3.05, 3.63) is 41.2 Å². The number of halogens is 1. The normalized spacial score (nSPS) is 14.8. The molecule has 0 saturated carbocycles. The Kier molecular flexibility index (Phi) is 5.21. The zero-order valence-corrected chi connectivity index (χ0v) is 15.6. The van der Waals surface area contributed by atoms with E-state index in [1.807, 2.05) is 24.3 Å². The van der Waals surface area contributed by atoms with Crippen molar-refractivity contribution in [1.82, 2.24) is 15.2 Å². The number of aromatic nitrogens is 3. The number of hydrogen-bond donors (Lipinski definition) is 0. The highest BCUT2D eigenvalue weighted by atomic mass is 35.5. The maximum Gasteiger partial charge on any atom is 0.226 e. The summed E-state index contributed by atoms with van der Waals surface area (Å²) in [6, 6.07) is 7.47. The van der Waals surface area contributed by atoms with Crippen LogP contribution in [0.3, 0.4) is 0 Å². The second-order valence-electron chi connectivity index (χ2n) is 5.39. The molecule has 4 rings (SSSR count). The minimum atomic E-state index is 0.573. The average Bonchev–Trinajstić information content (AvgIpc) is 3.30. The van der Waals surface area contributed by atoms with Crippen molar-refractivity contribution in [2.45, 2.75) is 10.1 Å². The van der Waals surface area contributed by atoms with Gasteiger partial charge >= 0.3 is 0 Å². The van der Waals surface area contributed by atoms with Crippen LogP contribution in [-0.4, -0.2) is 41.5 Å². The molecule has 1 aromatic carbocycles. The standard InChI is InChI=1S/C16H15ClN4O2S2/c17-12-3-1-2-11(8-12)14-18-13(9-23-14)10-24-16-20-19-15(25-16)21-4-6-22-7-5-21/h1-3,8-9H,4-7,10H2. The molecule has 1 saturated heterocycles. The van der Waals surface area contributed by atoms with Gasteiger partial charge in [0.2, 0.25) is 11.0 Å². The molecule has 25 heavy (non-hydrogen) atoms. The van der Waals surface area contributed by atoms with Gasteiger partial charge in [0.05, 0.1) is 18.9 Å². The van der Waals surface area contributed by atoms with Crippen LogP contribution in [0.4, 0.5) is 5.13 Å². The highest BCUT2D eigenvalue weighted by molar-refractivity contribution is 8.00. The van der Waals surface area contributed by atoms with Crippen LogP contribution in [0.25, 0.3) is 11.5 Å². The van der Waals surface area contributed by atoms with Crippen LogP contribution in [0.1, 0.15) is 5.69 Å². The third kappa shape index (κ3) is 4.14. The number of morpholine rings is 1. The molecule has 6 nitrogen and oxygen atoms in total. The van der Waals surface area contributed by atoms with Gasteiger partial charge in [0.25, 0.3) is 0 Å². The highest BCUT2D eigenvalue weighted by Crippen LogP contribution is 2.31. The molecule has 1 aliphatic heterocycles. The summed E-state index contributed by atoms with van der Waals surface area (Å²) in [6.07, 6.45) is 1.67. The van der Waals surface area contributed by atoms with Crippen molar-refractivity contribution in [3.63, 3.8) is 0 Å². The summed E-state index contributed by atoms with van der Waals surface area (Å²) in [7, 11) is 0. The van der Waals surface area contributed by atoms with Gasteiger partial charge in [-0.25, -0.2) is 4.98 Å². The van der Waals surface area contributed by atoms with E-state index in [9.17, 15) is 0 Å². The number of anilines is 1. The highest BCUT2D eigenvalue weighted by Gasteiger charge is 2.16.